The van der Waals surface area contributed by atoms with Crippen LogP contribution in [0, 0.1) is 0 Å². The summed E-state index contributed by atoms with van der Waals surface area (Å²) in [7, 11) is 1.56. The van der Waals surface area contributed by atoms with Crippen LogP contribution in [0.2, 0.25) is 0 Å². The zero-order chi connectivity index (χ0) is 12.3. The fraction of sp³-hybridized carbons (Fsp3) is 0.417. The van der Waals surface area contributed by atoms with E-state index in [-0.39, 0.29) is 0 Å². The lowest BCUT2D eigenvalue weighted by Gasteiger charge is -2.33. The van der Waals surface area contributed by atoms with Crippen molar-refractivity contribution in [3.8, 4) is 5.75 Å². The first-order chi connectivity index (χ1) is 7.36. The quantitative estimate of drug-likeness (QED) is 0.838. The van der Waals surface area contributed by atoms with Gasteiger partial charge in [-0.15, -0.1) is 0 Å². The number of benzene rings is 1. The summed E-state index contributed by atoms with van der Waals surface area (Å²) in [5.74, 6) is 0.646. The zero-order valence-corrected chi connectivity index (χ0v) is 10.0. The molecule has 0 aliphatic carbocycles. The molecule has 1 aromatic rings. The van der Waals surface area contributed by atoms with Crippen molar-refractivity contribution in [2.24, 2.45) is 0 Å². The minimum Gasteiger partial charge on any atom is -0.497 e. The molecular formula is C12H17NO3. The number of carboxylic acid groups (broad SMARTS) is 1. The van der Waals surface area contributed by atoms with Crippen LogP contribution in [0.5, 0.6) is 5.75 Å². The van der Waals surface area contributed by atoms with Crippen LogP contribution in [0.1, 0.15) is 20.8 Å². The van der Waals surface area contributed by atoms with Gasteiger partial charge in [0.1, 0.15) is 5.75 Å². The molecule has 0 heterocycles. The summed E-state index contributed by atoms with van der Waals surface area (Å²) in [6, 6.07) is 7.02. The van der Waals surface area contributed by atoms with Gasteiger partial charge in [0.15, 0.2) is 0 Å². The van der Waals surface area contributed by atoms with Crippen molar-refractivity contribution in [1.82, 2.24) is 0 Å². The van der Waals surface area contributed by atoms with Crippen molar-refractivity contribution < 1.29 is 14.6 Å². The lowest BCUT2D eigenvalue weighted by atomic mass is 10.1. The molecule has 0 fully saturated rings. The zero-order valence-electron chi connectivity index (χ0n) is 10.0. The van der Waals surface area contributed by atoms with Crippen molar-refractivity contribution in [2.75, 3.05) is 12.0 Å². The molecule has 88 valence electrons. The number of rotatable bonds is 2. The van der Waals surface area contributed by atoms with E-state index in [1.165, 1.54) is 4.90 Å². The highest BCUT2D eigenvalue weighted by atomic mass is 16.5. The van der Waals surface area contributed by atoms with E-state index in [0.717, 1.165) is 0 Å². The first kappa shape index (κ1) is 12.4. The number of nitrogens with zero attached hydrogens (tertiary/aromatic N) is 1. The molecule has 0 saturated heterocycles. The second kappa shape index (κ2) is 4.43. The van der Waals surface area contributed by atoms with E-state index in [0.29, 0.717) is 11.4 Å². The summed E-state index contributed by atoms with van der Waals surface area (Å²) in [6.45, 7) is 5.54. The fourth-order valence-corrected chi connectivity index (χ4v) is 1.53. The highest BCUT2D eigenvalue weighted by molar-refractivity contribution is 5.87. The van der Waals surface area contributed by atoms with Gasteiger partial charge in [-0.25, -0.2) is 4.79 Å². The summed E-state index contributed by atoms with van der Waals surface area (Å²) < 4.78 is 5.08. The number of ether oxygens (including phenoxy) is 1. The van der Waals surface area contributed by atoms with Crippen molar-refractivity contribution in [3.05, 3.63) is 24.3 Å². The predicted octanol–water partition coefficient (Wildman–Crippen LogP) is 2.98. The third-order valence-corrected chi connectivity index (χ3v) is 2.17. The molecule has 4 nitrogen and oxygen atoms in total. The van der Waals surface area contributed by atoms with E-state index < -0.39 is 11.6 Å². The number of hydrogen-bond donors (Lipinski definition) is 1. The monoisotopic (exact) mass is 223 g/mol. The predicted molar refractivity (Wildman–Crippen MR) is 63.3 cm³/mol. The van der Waals surface area contributed by atoms with Gasteiger partial charge in [0, 0.05) is 11.6 Å². The van der Waals surface area contributed by atoms with Crippen molar-refractivity contribution in [1.29, 1.82) is 0 Å². The molecule has 1 rings (SSSR count). The average Bonchev–Trinajstić information content (AvgIpc) is 2.15. The third kappa shape index (κ3) is 2.66. The summed E-state index contributed by atoms with van der Waals surface area (Å²) in [5.41, 5.74) is 0.123. The van der Waals surface area contributed by atoms with Gasteiger partial charge in [0.05, 0.1) is 12.8 Å². The van der Waals surface area contributed by atoms with E-state index in [4.69, 9.17) is 4.74 Å². The largest absolute Gasteiger partial charge is 0.497 e. The van der Waals surface area contributed by atoms with Crippen LogP contribution in [0.4, 0.5) is 10.5 Å². The van der Waals surface area contributed by atoms with Crippen LogP contribution in [0.3, 0.4) is 0 Å². The van der Waals surface area contributed by atoms with Gasteiger partial charge in [-0.1, -0.05) is 6.07 Å². The molecule has 4 heteroatoms. The van der Waals surface area contributed by atoms with Gasteiger partial charge < -0.3 is 9.84 Å². The maximum absolute atomic E-state index is 11.2. The molecule has 0 unspecified atom stereocenters. The van der Waals surface area contributed by atoms with Gasteiger partial charge in [-0.3, -0.25) is 4.90 Å². The first-order valence-electron chi connectivity index (χ1n) is 5.03. The number of amides is 1. The van der Waals surface area contributed by atoms with Crippen molar-refractivity contribution in [3.63, 3.8) is 0 Å². The SMILES string of the molecule is COc1cccc(N(C(=O)O)C(C)(C)C)c1. The molecule has 0 saturated carbocycles. The smallest absolute Gasteiger partial charge is 0.412 e. The Kier molecular flexibility index (Phi) is 3.42. The van der Waals surface area contributed by atoms with Gasteiger partial charge >= 0.3 is 6.09 Å². The van der Waals surface area contributed by atoms with Crippen molar-refractivity contribution in [2.45, 2.75) is 26.3 Å². The molecule has 1 N–H and O–H groups in total. The summed E-state index contributed by atoms with van der Waals surface area (Å²) >= 11 is 0. The molecule has 0 atom stereocenters. The summed E-state index contributed by atoms with van der Waals surface area (Å²) in [4.78, 5) is 12.5. The normalized spacial score (nSPS) is 11.0. The highest BCUT2D eigenvalue weighted by Crippen LogP contribution is 2.27. The van der Waals surface area contributed by atoms with E-state index in [2.05, 4.69) is 0 Å². The highest BCUT2D eigenvalue weighted by Gasteiger charge is 2.27. The molecule has 0 aliphatic heterocycles. The average molecular weight is 223 g/mol. The Bertz CT molecular complexity index is 382. The second-order valence-electron chi connectivity index (χ2n) is 4.49. The van der Waals surface area contributed by atoms with Gasteiger partial charge in [0.25, 0.3) is 0 Å². The molecule has 16 heavy (non-hydrogen) atoms. The summed E-state index contributed by atoms with van der Waals surface area (Å²) in [5, 5.41) is 9.21. The molecule has 0 bridgehead atoms. The van der Waals surface area contributed by atoms with Gasteiger partial charge in [-0.2, -0.15) is 0 Å². The molecule has 0 radical (unpaired) electrons. The lowest BCUT2D eigenvalue weighted by molar-refractivity contribution is 0.195. The van der Waals surface area contributed by atoms with E-state index in [9.17, 15) is 9.90 Å². The standard InChI is InChI=1S/C12H17NO3/c1-12(2,3)13(11(14)15)9-6-5-7-10(8-9)16-4/h5-8H,1-4H3,(H,14,15). The van der Waals surface area contributed by atoms with Crippen LogP contribution in [0.15, 0.2) is 24.3 Å². The topological polar surface area (TPSA) is 49.8 Å². The molecule has 0 aliphatic rings. The third-order valence-electron chi connectivity index (χ3n) is 2.17. The molecule has 1 aromatic carbocycles. The Labute approximate surface area is 95.5 Å². The number of carbonyl (C=O) groups is 1. The van der Waals surface area contributed by atoms with Gasteiger partial charge in [0.2, 0.25) is 0 Å². The minimum absolute atomic E-state index is 0.488. The maximum Gasteiger partial charge on any atom is 0.412 e. The van der Waals surface area contributed by atoms with Crippen LogP contribution < -0.4 is 9.64 Å². The Morgan fingerprint density at radius 2 is 2.00 bits per heavy atom. The Balaban J connectivity index is 3.16. The Morgan fingerprint density at radius 3 is 2.44 bits per heavy atom. The van der Waals surface area contributed by atoms with Crippen LogP contribution in [0.25, 0.3) is 0 Å². The first-order valence-corrected chi connectivity index (χ1v) is 5.03. The molecule has 1 amide bonds. The van der Waals surface area contributed by atoms with Crippen LogP contribution in [-0.4, -0.2) is 23.8 Å². The Hall–Kier alpha value is -1.71. The van der Waals surface area contributed by atoms with Crippen LogP contribution in [-0.2, 0) is 0 Å². The number of methoxy groups -OCH3 is 1. The maximum atomic E-state index is 11.2. The molecule has 0 spiro atoms. The van der Waals surface area contributed by atoms with E-state index in [1.54, 1.807) is 31.4 Å². The second-order valence-corrected chi connectivity index (χ2v) is 4.49. The Morgan fingerprint density at radius 1 is 1.38 bits per heavy atom. The molecule has 0 aromatic heterocycles. The van der Waals surface area contributed by atoms with Crippen LogP contribution >= 0.6 is 0 Å². The van der Waals surface area contributed by atoms with E-state index in [1.807, 2.05) is 20.8 Å². The number of hydrogen-bond acceptors (Lipinski definition) is 2. The summed E-state index contributed by atoms with van der Waals surface area (Å²) in [6.07, 6.45) is -0.972. The number of anilines is 1. The minimum atomic E-state index is -0.972. The van der Waals surface area contributed by atoms with Gasteiger partial charge in [-0.05, 0) is 32.9 Å². The molecular weight excluding hydrogens is 206 g/mol. The van der Waals surface area contributed by atoms with E-state index >= 15 is 0 Å². The lowest BCUT2D eigenvalue weighted by Crippen LogP contribution is -2.45. The fourth-order valence-electron chi connectivity index (χ4n) is 1.53. The van der Waals surface area contributed by atoms with Crippen molar-refractivity contribution >= 4 is 11.8 Å².